The number of amides is 1. The van der Waals surface area contributed by atoms with Gasteiger partial charge in [-0.1, -0.05) is 12.7 Å². The number of hydrogen-bond donors (Lipinski definition) is 1. The molecule has 0 aromatic heterocycles. The lowest BCUT2D eigenvalue weighted by atomic mass is 10.2. The molecule has 2 aromatic rings. The number of carboxylic acid groups (broad SMARTS) is 1. The molecule has 0 radical (unpaired) electrons. The number of ether oxygens (including phenoxy) is 2. The lowest BCUT2D eigenvalue weighted by Crippen LogP contribution is -2.28. The molecule has 2 aromatic carbocycles. The number of rotatable bonds is 8. The third kappa shape index (κ3) is 5.23. The van der Waals surface area contributed by atoms with E-state index in [0.29, 0.717) is 44.9 Å². The monoisotopic (exact) mass is 516 g/mol. The van der Waals surface area contributed by atoms with Crippen molar-refractivity contribution in [3.05, 3.63) is 69.6 Å². The van der Waals surface area contributed by atoms with Crippen molar-refractivity contribution >= 4 is 56.5 Å². The Balaban J connectivity index is 1.92. The number of nitrogens with zero attached hydrogens (tertiary/aromatic N) is 2. The van der Waals surface area contributed by atoms with E-state index in [1.165, 1.54) is 23.9 Å². The predicted molar refractivity (Wildman–Crippen MR) is 130 cm³/mol. The summed E-state index contributed by atoms with van der Waals surface area (Å²) >= 11 is 4.75. The molecule has 0 saturated carbocycles. The summed E-state index contributed by atoms with van der Waals surface area (Å²) in [5.74, 6) is -0.0662. The first-order chi connectivity index (χ1) is 15.4. The summed E-state index contributed by atoms with van der Waals surface area (Å²) in [6.45, 7) is 6.31. The minimum Gasteiger partial charge on any atom is -0.493 e. The van der Waals surface area contributed by atoms with Crippen molar-refractivity contribution in [2.45, 2.75) is 6.92 Å². The Morgan fingerprint density at radius 3 is 2.62 bits per heavy atom. The Bertz CT molecular complexity index is 1110. The van der Waals surface area contributed by atoms with Gasteiger partial charge in [0.1, 0.15) is 6.61 Å². The number of thioether (sulfide) groups is 1. The third-order valence-corrected chi connectivity index (χ3v) is 6.03. The molecule has 1 heterocycles. The van der Waals surface area contributed by atoms with Crippen LogP contribution >= 0.6 is 27.7 Å². The lowest BCUT2D eigenvalue weighted by Gasteiger charge is -2.13. The summed E-state index contributed by atoms with van der Waals surface area (Å²) in [7, 11) is 1.55. The van der Waals surface area contributed by atoms with Crippen molar-refractivity contribution in [1.82, 2.24) is 4.90 Å². The summed E-state index contributed by atoms with van der Waals surface area (Å²) in [6.07, 6.45) is 3.42. The van der Waals surface area contributed by atoms with Crippen LogP contribution < -0.4 is 9.47 Å². The normalized spacial score (nSPS) is 16.0. The first-order valence-electron chi connectivity index (χ1n) is 9.62. The molecule has 1 saturated heterocycles. The zero-order chi connectivity index (χ0) is 23.3. The van der Waals surface area contributed by atoms with Gasteiger partial charge in [0, 0.05) is 6.54 Å². The zero-order valence-corrected chi connectivity index (χ0v) is 19.9. The van der Waals surface area contributed by atoms with Gasteiger partial charge < -0.3 is 14.6 Å². The Morgan fingerprint density at radius 1 is 1.31 bits per heavy atom. The maximum Gasteiger partial charge on any atom is 0.335 e. The number of carboxylic acids is 1. The fourth-order valence-corrected chi connectivity index (χ4v) is 4.55. The number of methoxy groups -OCH3 is 1. The summed E-state index contributed by atoms with van der Waals surface area (Å²) < 4.78 is 11.8. The molecule has 0 bridgehead atoms. The second-order valence-electron chi connectivity index (χ2n) is 6.54. The van der Waals surface area contributed by atoms with Gasteiger partial charge in [0.25, 0.3) is 5.91 Å². The SMILES string of the molecule is C=CCOc1c(Br)cc(/C=C2\SC(=Nc3ccc(C(=O)O)cc3)N(CC)C2=O)cc1OC. The molecular formula is C23H21BrN2O5S. The van der Waals surface area contributed by atoms with E-state index in [-0.39, 0.29) is 11.5 Å². The maximum atomic E-state index is 12.9. The second kappa shape index (κ2) is 10.5. The van der Waals surface area contributed by atoms with Crippen LogP contribution in [-0.2, 0) is 4.79 Å². The van der Waals surface area contributed by atoms with E-state index < -0.39 is 5.97 Å². The Kier molecular flexibility index (Phi) is 7.76. The second-order valence-corrected chi connectivity index (χ2v) is 8.40. The molecule has 0 spiro atoms. The molecule has 0 unspecified atom stereocenters. The van der Waals surface area contributed by atoms with Crippen molar-refractivity contribution in [2.24, 2.45) is 4.99 Å². The van der Waals surface area contributed by atoms with E-state index in [9.17, 15) is 9.59 Å². The number of carbonyl (C=O) groups is 2. The number of halogens is 1. The smallest absolute Gasteiger partial charge is 0.335 e. The lowest BCUT2D eigenvalue weighted by molar-refractivity contribution is -0.122. The van der Waals surface area contributed by atoms with Crippen LogP contribution in [0.15, 0.2) is 63.4 Å². The van der Waals surface area contributed by atoms with Gasteiger partial charge in [0.05, 0.1) is 27.7 Å². The molecule has 166 valence electrons. The van der Waals surface area contributed by atoms with E-state index >= 15 is 0 Å². The average molecular weight is 517 g/mol. The molecule has 1 aliphatic rings. The van der Waals surface area contributed by atoms with Crippen molar-refractivity contribution in [2.75, 3.05) is 20.3 Å². The van der Waals surface area contributed by atoms with Crippen molar-refractivity contribution in [1.29, 1.82) is 0 Å². The van der Waals surface area contributed by atoms with Crippen molar-refractivity contribution < 1.29 is 24.2 Å². The summed E-state index contributed by atoms with van der Waals surface area (Å²) in [6, 6.07) is 9.83. The van der Waals surface area contributed by atoms with Crippen LogP contribution in [0.2, 0.25) is 0 Å². The topological polar surface area (TPSA) is 88.4 Å². The van der Waals surface area contributed by atoms with Crippen LogP contribution in [0.4, 0.5) is 5.69 Å². The van der Waals surface area contributed by atoms with E-state index in [4.69, 9.17) is 14.6 Å². The largest absolute Gasteiger partial charge is 0.493 e. The van der Waals surface area contributed by atoms with Gasteiger partial charge in [-0.15, -0.1) is 0 Å². The van der Waals surface area contributed by atoms with Crippen LogP contribution in [-0.4, -0.2) is 47.3 Å². The summed E-state index contributed by atoms with van der Waals surface area (Å²) in [5.41, 5.74) is 1.51. The van der Waals surface area contributed by atoms with Crippen LogP contribution in [0.3, 0.4) is 0 Å². The number of amidine groups is 1. The van der Waals surface area contributed by atoms with Gasteiger partial charge in [-0.3, -0.25) is 9.69 Å². The number of benzene rings is 2. The standard InChI is InChI=1S/C23H21BrN2O5S/c1-4-10-31-20-17(24)11-14(12-18(20)30-3)13-19-21(27)26(5-2)23(32-19)25-16-8-6-15(7-9-16)22(28)29/h4,6-9,11-13H,1,5,10H2,2-3H3,(H,28,29)/b19-13-,25-23?. The Morgan fingerprint density at radius 2 is 2.03 bits per heavy atom. The number of aliphatic imine (C=N–C) groups is 1. The van der Waals surface area contributed by atoms with Gasteiger partial charge in [0.2, 0.25) is 0 Å². The highest BCUT2D eigenvalue weighted by atomic mass is 79.9. The highest BCUT2D eigenvalue weighted by molar-refractivity contribution is 9.10. The van der Waals surface area contributed by atoms with Crippen LogP contribution in [0.5, 0.6) is 11.5 Å². The molecule has 1 aliphatic heterocycles. The van der Waals surface area contributed by atoms with Gasteiger partial charge in [-0.05, 0) is 82.7 Å². The first-order valence-corrected chi connectivity index (χ1v) is 11.2. The minimum absolute atomic E-state index is 0.152. The molecule has 3 rings (SSSR count). The number of likely N-dealkylation sites (N-methyl/N-ethyl adjacent to an activating group) is 1. The highest BCUT2D eigenvalue weighted by Crippen LogP contribution is 2.39. The van der Waals surface area contributed by atoms with Crippen LogP contribution in [0, 0.1) is 0 Å². The highest BCUT2D eigenvalue weighted by Gasteiger charge is 2.32. The van der Waals surface area contributed by atoms with Gasteiger partial charge in [-0.25, -0.2) is 9.79 Å². The molecule has 7 nitrogen and oxygen atoms in total. The van der Waals surface area contributed by atoms with Gasteiger partial charge in [0.15, 0.2) is 16.7 Å². The number of aromatic carboxylic acids is 1. The Hall–Kier alpha value is -3.04. The predicted octanol–water partition coefficient (Wildman–Crippen LogP) is 5.34. The first kappa shape index (κ1) is 23.6. The average Bonchev–Trinajstić information content (AvgIpc) is 3.06. The van der Waals surface area contributed by atoms with Crippen molar-refractivity contribution in [3.8, 4) is 11.5 Å². The fraction of sp³-hybridized carbons (Fsp3) is 0.174. The van der Waals surface area contributed by atoms with Crippen molar-refractivity contribution in [3.63, 3.8) is 0 Å². The molecule has 1 fully saturated rings. The van der Waals surface area contributed by atoms with E-state index in [2.05, 4.69) is 27.5 Å². The fourth-order valence-electron chi connectivity index (χ4n) is 2.92. The van der Waals surface area contributed by atoms with E-state index in [0.717, 1.165) is 5.56 Å². The van der Waals surface area contributed by atoms with Crippen LogP contribution in [0.1, 0.15) is 22.8 Å². The molecular weight excluding hydrogens is 496 g/mol. The number of carbonyl (C=O) groups excluding carboxylic acids is 1. The molecule has 32 heavy (non-hydrogen) atoms. The maximum absolute atomic E-state index is 12.9. The van der Waals surface area contributed by atoms with Gasteiger partial charge >= 0.3 is 5.97 Å². The molecule has 0 aliphatic carbocycles. The number of hydrogen-bond acceptors (Lipinski definition) is 6. The Labute approximate surface area is 198 Å². The molecule has 1 N–H and O–H groups in total. The molecule has 1 amide bonds. The molecule has 9 heteroatoms. The zero-order valence-electron chi connectivity index (χ0n) is 17.5. The minimum atomic E-state index is -1.00. The summed E-state index contributed by atoms with van der Waals surface area (Å²) in [4.78, 5) is 30.6. The molecule has 0 atom stereocenters. The van der Waals surface area contributed by atoms with E-state index in [1.807, 2.05) is 13.0 Å². The quantitative estimate of drug-likeness (QED) is 0.376. The third-order valence-electron chi connectivity index (χ3n) is 4.44. The van der Waals surface area contributed by atoms with E-state index in [1.54, 1.807) is 42.4 Å². The van der Waals surface area contributed by atoms with Crippen LogP contribution in [0.25, 0.3) is 6.08 Å². The van der Waals surface area contributed by atoms with Gasteiger partial charge in [-0.2, -0.15) is 0 Å². The summed E-state index contributed by atoms with van der Waals surface area (Å²) in [5, 5.41) is 9.57.